The van der Waals surface area contributed by atoms with E-state index in [1.165, 1.54) is 12.1 Å². The van der Waals surface area contributed by atoms with E-state index < -0.39 is 27.8 Å². The molecule has 1 N–H and O–H groups in total. The van der Waals surface area contributed by atoms with Crippen molar-refractivity contribution in [3.05, 3.63) is 66.2 Å². The first kappa shape index (κ1) is 31.1. The van der Waals surface area contributed by atoms with Crippen molar-refractivity contribution in [1.29, 1.82) is 0 Å². The minimum Gasteiger partial charge on any atom is -0.467 e. The second-order valence-corrected chi connectivity index (χ2v) is 24.5. The highest BCUT2D eigenvalue weighted by atomic mass is 28.3. The van der Waals surface area contributed by atoms with Crippen molar-refractivity contribution >= 4 is 38.1 Å². The van der Waals surface area contributed by atoms with Crippen molar-refractivity contribution in [2.45, 2.75) is 58.1 Å². The predicted molar refractivity (Wildman–Crippen MR) is 174 cm³/mol. The lowest BCUT2D eigenvalue weighted by Crippen LogP contribution is -2.22. The van der Waals surface area contributed by atoms with Crippen LogP contribution in [0.1, 0.15) is 0 Å². The summed E-state index contributed by atoms with van der Waals surface area (Å²) in [5, 5.41) is 5.55. The minimum atomic E-state index is -1.25. The summed E-state index contributed by atoms with van der Waals surface area (Å²) in [6.45, 7) is 15.1. The molecule has 0 saturated carbocycles. The van der Waals surface area contributed by atoms with Gasteiger partial charge in [0.15, 0.2) is 12.6 Å². The van der Waals surface area contributed by atoms with Gasteiger partial charge in [-0.05, 0) is 41.9 Å². The maximum absolute atomic E-state index is 15.4. The van der Waals surface area contributed by atoms with E-state index >= 15 is 8.78 Å². The van der Waals surface area contributed by atoms with Gasteiger partial charge in [0.05, 0.1) is 22.1 Å². The largest absolute Gasteiger partial charge is 0.467 e. The van der Waals surface area contributed by atoms with Crippen LogP contribution in [0.15, 0.2) is 54.6 Å². The molecule has 0 aliphatic rings. The first-order valence-electron chi connectivity index (χ1n) is 14.6. The maximum atomic E-state index is 15.4. The first-order valence-corrected chi connectivity index (χ1v) is 22.0. The van der Waals surface area contributed by atoms with Crippen molar-refractivity contribution in [3.8, 4) is 28.4 Å². The van der Waals surface area contributed by atoms with Crippen molar-refractivity contribution in [2.24, 2.45) is 0 Å². The predicted octanol–water partition coefficient (Wildman–Crippen LogP) is 8.53. The monoisotopic (exact) mass is 622 g/mol. The molecule has 2 heterocycles. The van der Waals surface area contributed by atoms with E-state index in [1.807, 2.05) is 30.3 Å². The molecule has 0 bridgehead atoms. The fraction of sp³-hybridized carbons (Fsp3) is 0.375. The van der Waals surface area contributed by atoms with Gasteiger partial charge in [0.1, 0.15) is 29.8 Å². The fourth-order valence-electron chi connectivity index (χ4n) is 4.66. The molecule has 2 aromatic heterocycles. The van der Waals surface area contributed by atoms with Gasteiger partial charge in [0.2, 0.25) is 0 Å². The van der Waals surface area contributed by atoms with Gasteiger partial charge >= 0.3 is 0 Å². The third kappa shape index (κ3) is 7.77. The summed E-state index contributed by atoms with van der Waals surface area (Å²) in [7, 11) is -2.49. The molecule has 7 nitrogen and oxygen atoms in total. The standard InChI is InChI=1S/C32H40F2N4O3Si2/c1-42(2,3)15-13-39-20-38-29-12-11-22(17-24(29)31(37-38)32-35-27-9-7-8-10-28(27)36-32)30-25(33)18-23(19-26(30)34)41-21-40-14-16-43(4,5)6/h7-12,17-19H,13-16,20-21H2,1-6H3,(H,35,36). The molecule has 5 aromatic rings. The molecular formula is C32H40F2N4O3Si2. The van der Waals surface area contributed by atoms with Crippen molar-refractivity contribution < 1.29 is 23.0 Å². The van der Waals surface area contributed by atoms with Crippen LogP contribution in [0.3, 0.4) is 0 Å². The summed E-state index contributed by atoms with van der Waals surface area (Å²) >= 11 is 0. The van der Waals surface area contributed by atoms with Gasteiger partial charge in [-0.15, -0.1) is 0 Å². The minimum absolute atomic E-state index is 0.0608. The van der Waals surface area contributed by atoms with E-state index in [1.54, 1.807) is 16.8 Å². The quantitative estimate of drug-likeness (QED) is 0.0809. The summed E-state index contributed by atoms with van der Waals surface area (Å²) in [6, 6.07) is 17.4. The lowest BCUT2D eigenvalue weighted by atomic mass is 10.0. The Bertz CT molecular complexity index is 1670. The number of nitrogens with zero attached hydrogens (tertiary/aromatic N) is 3. The number of para-hydroxylation sites is 2. The summed E-state index contributed by atoms with van der Waals surface area (Å²) in [5.74, 6) is -0.783. The van der Waals surface area contributed by atoms with Crippen LogP contribution in [-0.4, -0.2) is 55.9 Å². The zero-order valence-corrected chi connectivity index (χ0v) is 27.8. The number of H-pyrrole nitrogens is 1. The van der Waals surface area contributed by atoms with Crippen LogP contribution in [0.2, 0.25) is 51.4 Å². The van der Waals surface area contributed by atoms with E-state index in [0.717, 1.165) is 28.6 Å². The van der Waals surface area contributed by atoms with Gasteiger partial charge in [0, 0.05) is 46.9 Å². The Morgan fingerprint density at radius 3 is 2.19 bits per heavy atom. The maximum Gasteiger partial charge on any atom is 0.189 e. The Labute approximate surface area is 253 Å². The highest BCUT2D eigenvalue weighted by Crippen LogP contribution is 2.35. The molecule has 0 spiro atoms. The molecular weight excluding hydrogens is 583 g/mol. The zero-order chi connectivity index (χ0) is 30.8. The van der Waals surface area contributed by atoms with Crippen molar-refractivity contribution in [2.75, 3.05) is 20.0 Å². The number of imidazole rings is 1. The van der Waals surface area contributed by atoms with Crippen LogP contribution >= 0.6 is 0 Å². The molecule has 228 valence electrons. The third-order valence-corrected chi connectivity index (χ3v) is 10.6. The number of rotatable bonds is 13. The fourth-order valence-corrected chi connectivity index (χ4v) is 6.17. The smallest absolute Gasteiger partial charge is 0.189 e. The molecule has 0 amide bonds. The molecule has 43 heavy (non-hydrogen) atoms. The van der Waals surface area contributed by atoms with Gasteiger partial charge in [0.25, 0.3) is 0 Å². The van der Waals surface area contributed by atoms with E-state index in [4.69, 9.17) is 24.3 Å². The Kier molecular flexibility index (Phi) is 9.16. The number of nitrogens with one attached hydrogen (secondary N) is 1. The van der Waals surface area contributed by atoms with Crippen LogP contribution in [0.25, 0.3) is 44.6 Å². The van der Waals surface area contributed by atoms with Crippen LogP contribution in [0.5, 0.6) is 5.75 Å². The molecule has 3 aromatic carbocycles. The highest BCUT2D eigenvalue weighted by Gasteiger charge is 2.21. The van der Waals surface area contributed by atoms with E-state index in [2.05, 4.69) is 44.3 Å². The summed E-state index contributed by atoms with van der Waals surface area (Å²) in [4.78, 5) is 8.07. The Morgan fingerprint density at radius 1 is 0.837 bits per heavy atom. The lowest BCUT2D eigenvalue weighted by molar-refractivity contribution is 0.0217. The van der Waals surface area contributed by atoms with Gasteiger partial charge < -0.3 is 19.2 Å². The normalized spacial score (nSPS) is 12.5. The molecule has 11 heteroatoms. The number of halogens is 2. The molecule has 0 atom stereocenters. The van der Waals surface area contributed by atoms with Crippen LogP contribution < -0.4 is 4.74 Å². The van der Waals surface area contributed by atoms with E-state index in [0.29, 0.717) is 35.7 Å². The van der Waals surface area contributed by atoms with Crippen LogP contribution in [-0.2, 0) is 16.2 Å². The number of fused-ring (bicyclic) bond motifs is 2. The molecule has 5 rings (SSSR count). The average Bonchev–Trinajstić information content (AvgIpc) is 3.50. The Hall–Kier alpha value is -3.39. The third-order valence-electron chi connectivity index (χ3n) is 7.18. The summed E-state index contributed by atoms with van der Waals surface area (Å²) in [6.07, 6.45) is 0. The van der Waals surface area contributed by atoms with Crippen LogP contribution in [0.4, 0.5) is 8.78 Å². The van der Waals surface area contributed by atoms with Crippen molar-refractivity contribution in [1.82, 2.24) is 19.7 Å². The highest BCUT2D eigenvalue weighted by molar-refractivity contribution is 6.76. The molecule has 0 saturated heterocycles. The Morgan fingerprint density at radius 2 is 1.51 bits per heavy atom. The topological polar surface area (TPSA) is 74.2 Å². The molecule has 0 radical (unpaired) electrons. The number of hydrogen-bond acceptors (Lipinski definition) is 5. The van der Waals surface area contributed by atoms with E-state index in [-0.39, 0.29) is 24.8 Å². The molecule has 0 aliphatic heterocycles. The molecule has 0 unspecified atom stereocenters. The van der Waals surface area contributed by atoms with Crippen molar-refractivity contribution in [3.63, 3.8) is 0 Å². The first-order chi connectivity index (χ1) is 20.4. The number of aromatic amines is 1. The molecule has 0 aliphatic carbocycles. The second-order valence-electron chi connectivity index (χ2n) is 13.3. The van der Waals surface area contributed by atoms with Gasteiger partial charge in [-0.25, -0.2) is 18.4 Å². The average molecular weight is 623 g/mol. The van der Waals surface area contributed by atoms with Gasteiger partial charge in [-0.1, -0.05) is 57.5 Å². The molecule has 0 fully saturated rings. The number of hydrogen-bond donors (Lipinski definition) is 1. The number of benzene rings is 3. The summed E-state index contributed by atoms with van der Waals surface area (Å²) in [5.41, 5.74) is 3.29. The van der Waals surface area contributed by atoms with Gasteiger partial charge in [-0.3, -0.25) is 0 Å². The van der Waals surface area contributed by atoms with E-state index in [9.17, 15) is 0 Å². The number of aromatic nitrogens is 4. The summed E-state index contributed by atoms with van der Waals surface area (Å²) < 4.78 is 49.6. The Balaban J connectivity index is 1.44. The number of ether oxygens (including phenoxy) is 3. The van der Waals surface area contributed by atoms with Crippen LogP contribution in [0, 0.1) is 11.6 Å². The SMILES string of the molecule is C[Si](C)(C)CCOCOc1cc(F)c(-c2ccc3c(c2)c(-c2nc4ccccc4[nH]2)nn3COCC[Si](C)(C)C)c(F)c1. The second kappa shape index (κ2) is 12.7. The lowest BCUT2D eigenvalue weighted by Gasteiger charge is -2.16. The van der Waals surface area contributed by atoms with Gasteiger partial charge in [-0.2, -0.15) is 5.10 Å². The zero-order valence-electron chi connectivity index (χ0n) is 25.8.